The van der Waals surface area contributed by atoms with E-state index < -0.39 is 0 Å². The number of anilines is 1. The van der Waals surface area contributed by atoms with Crippen molar-refractivity contribution in [3.8, 4) is 5.75 Å². The van der Waals surface area contributed by atoms with Crippen molar-refractivity contribution in [2.75, 3.05) is 17.8 Å². The van der Waals surface area contributed by atoms with E-state index in [1.54, 1.807) is 11.8 Å². The molecular weight excluding hydrogens is 592 g/mol. The Morgan fingerprint density at radius 3 is 2.17 bits per heavy atom. The van der Waals surface area contributed by atoms with E-state index in [1.807, 2.05) is 18.2 Å². The standard InChI is InChI=1S/C35H52N2O2S.BrH/c1-5-6-7-8-9-10-11-12-13-14-15-16-23-39-33-26-30(35(2,3)4)20-21-32(33)34(38)36-31-19-17-18-29(25-31)27-37-22-24-40-28-37;/h17-22,24-26H,5-16,23,27-28H2,1-4H3,(H,36,38);1H. The summed E-state index contributed by atoms with van der Waals surface area (Å²) in [5.41, 5.74) is 3.74. The van der Waals surface area contributed by atoms with Crippen molar-refractivity contribution in [3.63, 3.8) is 0 Å². The number of halogens is 1. The molecule has 1 aliphatic heterocycles. The third-order valence-electron chi connectivity index (χ3n) is 7.53. The zero-order valence-corrected chi connectivity index (χ0v) is 28.4. The van der Waals surface area contributed by atoms with Gasteiger partial charge in [0.15, 0.2) is 0 Å². The second kappa shape index (κ2) is 19.3. The number of benzene rings is 2. The third kappa shape index (κ3) is 13.3. The lowest BCUT2D eigenvalue weighted by molar-refractivity contribution is 0.102. The van der Waals surface area contributed by atoms with Gasteiger partial charge in [0.2, 0.25) is 0 Å². The molecule has 0 saturated heterocycles. The molecular formula is C35H53BrN2O2S. The fraction of sp³-hybridized carbons (Fsp3) is 0.571. The minimum Gasteiger partial charge on any atom is -0.493 e. The average Bonchev–Trinajstić information content (AvgIpc) is 3.44. The van der Waals surface area contributed by atoms with Gasteiger partial charge in [0, 0.05) is 18.4 Å². The summed E-state index contributed by atoms with van der Waals surface area (Å²) in [6.45, 7) is 10.3. The van der Waals surface area contributed by atoms with Crippen molar-refractivity contribution in [2.45, 2.75) is 117 Å². The first-order valence-electron chi connectivity index (χ1n) is 15.6. The van der Waals surface area contributed by atoms with Crippen LogP contribution in [0.5, 0.6) is 5.75 Å². The molecule has 2 aromatic carbocycles. The van der Waals surface area contributed by atoms with E-state index in [4.69, 9.17) is 4.74 Å². The van der Waals surface area contributed by atoms with Crippen LogP contribution in [0.2, 0.25) is 0 Å². The molecule has 0 fully saturated rings. The van der Waals surface area contributed by atoms with Gasteiger partial charge in [-0.2, -0.15) is 0 Å². The highest BCUT2D eigenvalue weighted by atomic mass is 79.9. The number of nitrogens with zero attached hydrogens (tertiary/aromatic N) is 1. The Balaban J connectivity index is 0.00000588. The number of nitrogens with one attached hydrogen (secondary N) is 1. The van der Waals surface area contributed by atoms with Gasteiger partial charge in [-0.3, -0.25) is 4.79 Å². The molecule has 0 unspecified atom stereocenters. The number of carbonyl (C=O) groups is 1. The fourth-order valence-electron chi connectivity index (χ4n) is 5.01. The Morgan fingerprint density at radius 1 is 0.902 bits per heavy atom. The maximum Gasteiger partial charge on any atom is 0.259 e. The Labute approximate surface area is 264 Å². The van der Waals surface area contributed by atoms with Crippen LogP contribution in [0.1, 0.15) is 126 Å². The molecule has 41 heavy (non-hydrogen) atoms. The summed E-state index contributed by atoms with van der Waals surface area (Å²) < 4.78 is 6.26. The maximum absolute atomic E-state index is 13.4. The highest BCUT2D eigenvalue weighted by Crippen LogP contribution is 2.30. The molecule has 1 amide bonds. The molecule has 0 aromatic heterocycles. The summed E-state index contributed by atoms with van der Waals surface area (Å²) in [6.07, 6.45) is 17.9. The Bertz CT molecular complexity index is 1070. The van der Waals surface area contributed by atoms with Crippen molar-refractivity contribution < 1.29 is 9.53 Å². The normalized spacial score (nSPS) is 12.8. The minimum atomic E-state index is -0.126. The van der Waals surface area contributed by atoms with E-state index in [0.29, 0.717) is 17.9 Å². The summed E-state index contributed by atoms with van der Waals surface area (Å²) in [6, 6.07) is 14.2. The Hall–Kier alpha value is -1.92. The smallest absolute Gasteiger partial charge is 0.259 e. The van der Waals surface area contributed by atoms with E-state index >= 15 is 0 Å². The second-order valence-corrected chi connectivity index (χ2v) is 13.0. The Kier molecular flexibility index (Phi) is 16.6. The van der Waals surface area contributed by atoms with Gasteiger partial charge in [0.25, 0.3) is 5.91 Å². The SMILES string of the molecule is Br.CCCCCCCCCCCCCCOc1cc(C(C)(C)C)ccc1C(=O)Nc1cccc(CN2C=CSC2)c1. The number of hydrogen-bond acceptors (Lipinski definition) is 4. The molecule has 1 heterocycles. The molecule has 3 rings (SSSR count). The molecule has 0 bridgehead atoms. The van der Waals surface area contributed by atoms with Gasteiger partial charge in [-0.25, -0.2) is 0 Å². The summed E-state index contributed by atoms with van der Waals surface area (Å²) in [5.74, 6) is 1.53. The van der Waals surface area contributed by atoms with Gasteiger partial charge in [0.1, 0.15) is 5.75 Å². The molecule has 1 N–H and O–H groups in total. The van der Waals surface area contributed by atoms with E-state index in [-0.39, 0.29) is 28.3 Å². The summed E-state index contributed by atoms with van der Waals surface area (Å²) >= 11 is 1.80. The van der Waals surface area contributed by atoms with Crippen molar-refractivity contribution in [2.24, 2.45) is 0 Å². The van der Waals surface area contributed by atoms with Crippen LogP contribution >= 0.6 is 28.7 Å². The number of amides is 1. The number of unbranched alkanes of at least 4 members (excludes halogenated alkanes) is 11. The molecule has 2 aromatic rings. The predicted molar refractivity (Wildman–Crippen MR) is 184 cm³/mol. The predicted octanol–water partition coefficient (Wildman–Crippen LogP) is 10.9. The van der Waals surface area contributed by atoms with Gasteiger partial charge in [-0.1, -0.05) is 117 Å². The van der Waals surface area contributed by atoms with Gasteiger partial charge >= 0.3 is 0 Å². The van der Waals surface area contributed by atoms with Crippen molar-refractivity contribution >= 4 is 40.3 Å². The maximum atomic E-state index is 13.4. The van der Waals surface area contributed by atoms with Crippen LogP contribution < -0.4 is 10.1 Å². The molecule has 0 spiro atoms. The summed E-state index contributed by atoms with van der Waals surface area (Å²) in [4.78, 5) is 15.6. The van der Waals surface area contributed by atoms with Gasteiger partial charge in [-0.05, 0) is 52.6 Å². The van der Waals surface area contributed by atoms with Crippen molar-refractivity contribution in [1.82, 2.24) is 4.90 Å². The lowest BCUT2D eigenvalue weighted by Crippen LogP contribution is -2.17. The molecule has 228 valence electrons. The lowest BCUT2D eigenvalue weighted by atomic mass is 9.86. The highest BCUT2D eigenvalue weighted by Gasteiger charge is 2.20. The third-order valence-corrected chi connectivity index (χ3v) is 8.32. The average molecular weight is 646 g/mol. The number of rotatable bonds is 18. The van der Waals surface area contributed by atoms with E-state index in [0.717, 1.165) is 24.5 Å². The zero-order valence-electron chi connectivity index (χ0n) is 25.9. The quantitative estimate of drug-likeness (QED) is 0.164. The number of carbonyl (C=O) groups excluding carboxylic acids is 1. The lowest BCUT2D eigenvalue weighted by Gasteiger charge is -2.21. The molecule has 0 saturated carbocycles. The van der Waals surface area contributed by atoms with Crippen LogP contribution in [-0.4, -0.2) is 23.3 Å². The first-order valence-corrected chi connectivity index (χ1v) is 16.6. The Morgan fingerprint density at radius 2 is 1.56 bits per heavy atom. The monoisotopic (exact) mass is 644 g/mol. The zero-order chi connectivity index (χ0) is 28.6. The number of thioether (sulfide) groups is 1. The molecule has 6 heteroatoms. The van der Waals surface area contributed by atoms with Crippen molar-refractivity contribution in [3.05, 3.63) is 70.8 Å². The van der Waals surface area contributed by atoms with Crippen LogP contribution in [0, 0.1) is 0 Å². The number of ether oxygens (including phenoxy) is 1. The van der Waals surface area contributed by atoms with Gasteiger partial charge in [-0.15, -0.1) is 28.7 Å². The van der Waals surface area contributed by atoms with E-state index in [1.165, 1.54) is 81.8 Å². The van der Waals surface area contributed by atoms with Gasteiger partial charge < -0.3 is 15.0 Å². The number of hydrogen-bond donors (Lipinski definition) is 1. The van der Waals surface area contributed by atoms with Crippen LogP contribution in [-0.2, 0) is 12.0 Å². The van der Waals surface area contributed by atoms with Crippen LogP contribution in [0.3, 0.4) is 0 Å². The van der Waals surface area contributed by atoms with Crippen molar-refractivity contribution in [1.29, 1.82) is 0 Å². The van der Waals surface area contributed by atoms with E-state index in [9.17, 15) is 4.79 Å². The van der Waals surface area contributed by atoms with E-state index in [2.05, 4.69) is 73.8 Å². The first kappa shape index (κ1) is 35.3. The van der Waals surface area contributed by atoms with Crippen LogP contribution in [0.15, 0.2) is 54.1 Å². The second-order valence-electron chi connectivity index (χ2n) is 12.2. The molecule has 0 radical (unpaired) electrons. The molecule has 0 atom stereocenters. The molecule has 4 nitrogen and oxygen atoms in total. The minimum absolute atomic E-state index is 0. The first-order chi connectivity index (χ1) is 19.4. The van der Waals surface area contributed by atoms with Crippen LogP contribution in [0.4, 0.5) is 5.69 Å². The molecule has 0 aliphatic carbocycles. The topological polar surface area (TPSA) is 41.6 Å². The van der Waals surface area contributed by atoms with Crippen LogP contribution in [0.25, 0.3) is 0 Å². The largest absolute Gasteiger partial charge is 0.493 e. The van der Waals surface area contributed by atoms with Gasteiger partial charge in [0.05, 0.1) is 18.0 Å². The fourth-order valence-corrected chi connectivity index (χ4v) is 5.72. The summed E-state index contributed by atoms with van der Waals surface area (Å²) in [7, 11) is 0. The summed E-state index contributed by atoms with van der Waals surface area (Å²) in [5, 5.41) is 5.23. The molecule has 1 aliphatic rings. The highest BCUT2D eigenvalue weighted by molar-refractivity contribution is 8.93.